The van der Waals surface area contributed by atoms with E-state index in [2.05, 4.69) is 31.2 Å². The molecule has 4 heterocycles. The molecule has 3 saturated carbocycles. The number of thiocarbonyl (C=S) groups is 1. The summed E-state index contributed by atoms with van der Waals surface area (Å²) in [6.07, 6.45) is 5.55. The summed E-state index contributed by atoms with van der Waals surface area (Å²) in [5.74, 6) is -3.90. The highest BCUT2D eigenvalue weighted by molar-refractivity contribution is 7.80. The molecule has 10 rings (SSSR count). The van der Waals surface area contributed by atoms with E-state index in [1.54, 1.807) is 79.2 Å². The van der Waals surface area contributed by atoms with Gasteiger partial charge in [0, 0.05) is 150 Å². The number of carbonyl (C=O) groups excluding carboxylic acids is 9. The van der Waals surface area contributed by atoms with E-state index in [4.69, 9.17) is 55.2 Å². The number of ketones is 2. The van der Waals surface area contributed by atoms with Crippen LogP contribution in [0, 0.1) is 42.4 Å². The fourth-order valence-electron chi connectivity index (χ4n) is 14.2. The normalized spacial score (nSPS) is 19.2. The lowest BCUT2D eigenvalue weighted by molar-refractivity contribution is -0.205. The minimum Gasteiger partial charge on any atom is -0.466 e. The first-order chi connectivity index (χ1) is 45.9. The summed E-state index contributed by atoms with van der Waals surface area (Å²) in [6.45, 7) is 11.7. The first-order valence-electron chi connectivity index (χ1n) is 32.5. The van der Waals surface area contributed by atoms with Crippen molar-refractivity contribution in [2.75, 3.05) is 80.2 Å². The summed E-state index contributed by atoms with van der Waals surface area (Å²) in [4.78, 5) is 152. The summed E-state index contributed by atoms with van der Waals surface area (Å²) in [5.41, 5.74) is 10.0. The van der Waals surface area contributed by atoms with Crippen molar-refractivity contribution in [3.8, 4) is 11.5 Å². The van der Waals surface area contributed by atoms with Gasteiger partial charge in [-0.2, -0.15) is 0 Å². The predicted molar refractivity (Wildman–Crippen MR) is 371 cm³/mol. The fraction of sp³-hybridized carbons (Fsp3) is 0.522. The molecule has 524 valence electrons. The Labute approximate surface area is 577 Å². The number of amides is 8. The number of rotatable bonds is 31. The van der Waals surface area contributed by atoms with E-state index in [1.807, 2.05) is 20.0 Å². The first-order valence-corrected chi connectivity index (χ1v) is 35.5. The number of nitrogens with one attached hydrogen (secondary N) is 6. The number of likely N-dealkylation sites (N-methyl/N-ethyl adjacent to an activating group) is 2. The highest BCUT2D eigenvalue weighted by Gasteiger charge is 2.76. The van der Waals surface area contributed by atoms with Crippen LogP contribution in [0.3, 0.4) is 0 Å². The number of aromatic nitrogens is 2. The van der Waals surface area contributed by atoms with Gasteiger partial charge in [0.05, 0.1) is 39.3 Å². The highest BCUT2D eigenvalue weighted by atomic mass is 35.5. The van der Waals surface area contributed by atoms with E-state index in [0.717, 1.165) is 27.6 Å². The van der Waals surface area contributed by atoms with E-state index in [0.29, 0.717) is 90.5 Å². The van der Waals surface area contributed by atoms with Crippen molar-refractivity contribution >= 4 is 141 Å². The lowest BCUT2D eigenvalue weighted by Crippen LogP contribution is -2.73. The molecule has 30 heteroatoms. The van der Waals surface area contributed by atoms with Gasteiger partial charge in [0.1, 0.15) is 12.4 Å². The number of phosphoric ester groups is 1. The summed E-state index contributed by atoms with van der Waals surface area (Å²) >= 11 is 18.8. The Bertz CT molecular complexity index is 3930. The molecule has 3 aromatic carbocycles. The second-order valence-electron chi connectivity index (χ2n) is 26.8. The van der Waals surface area contributed by atoms with Crippen molar-refractivity contribution in [1.29, 1.82) is 0 Å². The lowest BCUT2D eigenvalue weighted by Gasteiger charge is -2.69. The molecule has 2 bridgehead atoms. The Morgan fingerprint density at radius 3 is 1.80 bits per heavy atom. The van der Waals surface area contributed by atoms with Gasteiger partial charge in [-0.3, -0.25) is 38.6 Å². The van der Waals surface area contributed by atoms with Crippen LogP contribution in [0.15, 0.2) is 48.8 Å². The molecule has 10 N–H and O–H groups in total. The number of Topliss-reactive ketones (excluding diaryl/α,β-unsaturated/α-hetero) is 2. The number of phosphoric acid groups is 1. The zero-order chi connectivity index (χ0) is 70.6. The minimum absolute atomic E-state index is 0.0127. The van der Waals surface area contributed by atoms with Gasteiger partial charge in [0.25, 0.3) is 5.17 Å². The Kier molecular flexibility index (Phi) is 23.1. The number of nitrogens with two attached hydrogens (primary N) is 1. The molecule has 8 amide bonds. The molecule has 0 saturated heterocycles. The number of H-pyrrole nitrogens is 2. The van der Waals surface area contributed by atoms with Crippen molar-refractivity contribution in [2.45, 2.75) is 130 Å². The van der Waals surface area contributed by atoms with Crippen LogP contribution in [0.1, 0.15) is 132 Å². The second-order valence-corrected chi connectivity index (χ2v) is 29.0. The van der Waals surface area contributed by atoms with Crippen molar-refractivity contribution in [2.24, 2.45) is 34.3 Å². The van der Waals surface area contributed by atoms with Crippen molar-refractivity contribution in [3.63, 3.8) is 0 Å². The molecule has 2 aromatic heterocycles. The third-order valence-electron chi connectivity index (χ3n) is 19.1. The number of carbonyl (C=O) groups is 9. The minimum atomic E-state index is -4.99. The van der Waals surface area contributed by atoms with Crippen molar-refractivity contribution in [1.82, 2.24) is 35.7 Å². The molecule has 5 aromatic rings. The topological polar surface area (TPSA) is 358 Å². The number of halogens is 2. The molecule has 2 aliphatic heterocycles. The number of aryl methyl sites for hydroxylation is 2. The maximum Gasteiger partial charge on any atom is 0.524 e. The number of aromatic amines is 2. The summed E-state index contributed by atoms with van der Waals surface area (Å²) in [5, 5.41) is 12.6. The molecule has 3 fully saturated rings. The van der Waals surface area contributed by atoms with Gasteiger partial charge < -0.3 is 75.4 Å². The van der Waals surface area contributed by atoms with Crippen LogP contribution in [-0.4, -0.2) is 159 Å². The molecule has 3 aliphatic carbocycles. The van der Waals surface area contributed by atoms with Crippen LogP contribution in [0.5, 0.6) is 11.5 Å². The van der Waals surface area contributed by atoms with E-state index >= 15 is 0 Å². The Morgan fingerprint density at radius 2 is 1.28 bits per heavy atom. The molecule has 2 unspecified atom stereocenters. The number of primary amides is 1. The molecule has 5 aliphatic rings. The highest BCUT2D eigenvalue weighted by Crippen LogP contribution is 2.75. The van der Waals surface area contributed by atoms with Crippen LogP contribution in [0.2, 0.25) is 0 Å². The number of anilines is 3. The number of urea groups is 1. The van der Waals surface area contributed by atoms with Gasteiger partial charge in [-0.15, -0.1) is 23.2 Å². The summed E-state index contributed by atoms with van der Waals surface area (Å²) in [6, 6.07) is 8.32. The van der Waals surface area contributed by atoms with Gasteiger partial charge in [-0.25, -0.2) is 14.2 Å². The van der Waals surface area contributed by atoms with Gasteiger partial charge in [-0.1, -0.05) is 32.4 Å². The molecule has 26 nitrogen and oxygen atoms in total. The number of hydrogen-bond donors (Lipinski definition) is 9. The number of benzene rings is 3. The van der Waals surface area contributed by atoms with Crippen molar-refractivity contribution in [3.05, 3.63) is 76.6 Å². The lowest BCUT2D eigenvalue weighted by atomic mass is 9.34. The summed E-state index contributed by atoms with van der Waals surface area (Å²) < 4.78 is 29.3. The second kappa shape index (κ2) is 30.5. The standard InChI is InChI=1S/C67H86Cl2N11O15PS/c1-36(2)56(76-60(85)42(22-39(5)81)12-9-10-18-71-40(6)82)49(83)23-43(13-11-19-72-63(70)88)59(84)75-46-16-14-41(15-17-46)32-93-65(97)78(8)21-20-77(7)64(89)94-50-24-47-54(52-37(3)28-73-57(50)52)44(26-68)30-79(47)61(86)66-33-67(34-66,35-66)62(87)80-31-45(27-69)55-48(80)25-51(95-96(90,91)92)58-53(55)38(4)29-74-58/h14-17,24-25,28-29,36,42-45,56,73-74H,9-13,18-23,26-27,30-35H2,1-8H3,(H,71,82)(H,75,84)(H,76,85)(H3,70,72,88)(H2,90,91,92)/t42?,43?,44-,45-,56+,66?,67?/m1/s1. The van der Waals surface area contributed by atoms with Gasteiger partial charge in [0.15, 0.2) is 17.3 Å². The quantitative estimate of drug-likeness (QED) is 0.00865. The monoisotopic (exact) mass is 1420 g/mol. The molecule has 5 atom stereocenters. The Hall–Kier alpha value is -7.81. The largest absolute Gasteiger partial charge is 0.524 e. The number of nitrogens with zero attached hydrogens (tertiary/aromatic N) is 4. The number of hydrogen-bond acceptors (Lipinski definition) is 14. The number of alkyl halides is 2. The van der Waals surface area contributed by atoms with E-state index in [-0.39, 0.29) is 134 Å². The van der Waals surface area contributed by atoms with Crippen LogP contribution in [0.4, 0.5) is 26.7 Å². The Balaban J connectivity index is 0.781. The number of ether oxygens (including phenoxy) is 2. The zero-order valence-corrected chi connectivity index (χ0v) is 58.9. The third-order valence-corrected chi connectivity index (χ3v) is 20.7. The van der Waals surface area contributed by atoms with Crippen LogP contribution >= 0.6 is 43.2 Å². The average molecular weight is 1420 g/mol. The molecular weight excluding hydrogens is 1330 g/mol. The molecular formula is C67H86Cl2N11O15PS. The molecule has 0 spiro atoms. The summed E-state index contributed by atoms with van der Waals surface area (Å²) in [7, 11) is -1.69. The van der Waals surface area contributed by atoms with E-state index in [1.165, 1.54) is 24.8 Å². The predicted octanol–water partition coefficient (Wildman–Crippen LogP) is 8.82. The van der Waals surface area contributed by atoms with E-state index in [9.17, 15) is 57.5 Å². The van der Waals surface area contributed by atoms with Gasteiger partial charge in [0.2, 0.25) is 29.5 Å². The third kappa shape index (κ3) is 16.3. The van der Waals surface area contributed by atoms with Gasteiger partial charge >= 0.3 is 19.9 Å². The smallest absolute Gasteiger partial charge is 0.466 e. The maximum atomic E-state index is 15.0. The molecule has 0 radical (unpaired) electrons. The number of unbranched alkanes of at least 4 members (excludes halogenated alkanes) is 1. The van der Waals surface area contributed by atoms with Gasteiger partial charge in [-0.05, 0) is 124 Å². The number of fused-ring (bicyclic) bond motifs is 6. The first kappa shape index (κ1) is 73.4. The van der Waals surface area contributed by atoms with Crippen LogP contribution < -0.4 is 46.1 Å². The zero-order valence-electron chi connectivity index (χ0n) is 55.7. The van der Waals surface area contributed by atoms with Crippen LogP contribution in [-0.2, 0) is 49.5 Å². The average Bonchev–Trinajstić information content (AvgIpc) is 1.11. The van der Waals surface area contributed by atoms with Crippen molar-refractivity contribution < 1.29 is 71.5 Å². The Morgan fingerprint density at radius 1 is 0.753 bits per heavy atom. The molecule has 97 heavy (non-hydrogen) atoms. The fourth-order valence-corrected chi connectivity index (χ4v) is 15.2. The maximum absolute atomic E-state index is 15.0. The SMILES string of the molecule is CC(=O)CC(CCCCNC(C)=O)C(=O)N[C@H](C(=O)CC(CCCNC(N)=O)C(=O)Nc1ccc(COC(=S)N(C)CCN(C)C(=O)Oc2cc3c(c4c(C)c[nH]c24)[C@H](CCl)CN3C(=O)C23CC(C(=O)N4C[C@@H](CCl)c5c4cc(OP(=O)(O)O)c4[nH]cc(C)c54)(C2)C3)cc1)C(C)C. The van der Waals surface area contributed by atoms with E-state index < -0.39 is 60.5 Å². The van der Waals surface area contributed by atoms with Crippen LogP contribution in [0.25, 0.3) is 21.8 Å².